The Morgan fingerprint density at radius 2 is 0.800 bits per heavy atom. The molecule has 0 radical (unpaired) electrons. The second-order valence-corrected chi connectivity index (χ2v) is 8.88. The van der Waals surface area contributed by atoms with Crippen molar-refractivity contribution in [3.8, 4) is 0 Å². The lowest BCUT2D eigenvalue weighted by Crippen LogP contribution is -2.47. The Morgan fingerprint density at radius 3 is 0.867 bits per heavy atom. The van der Waals surface area contributed by atoms with Gasteiger partial charge in [-0.05, 0) is 0 Å². The molecular weight excluding hydrogens is 400 g/mol. The summed E-state index contributed by atoms with van der Waals surface area (Å²) in [4.78, 5) is 32.3. The summed E-state index contributed by atoms with van der Waals surface area (Å²) in [5.41, 5.74) is 1.04. The molecule has 0 aliphatic heterocycles. The molecule has 0 aromatic carbocycles. The zero-order valence-corrected chi connectivity index (χ0v) is 22.1. The molecule has 0 spiro atoms. The maximum absolute atomic E-state index is 10.8. The van der Waals surface area contributed by atoms with Gasteiger partial charge in [0.2, 0.25) is 0 Å². The number of hydrogen-bond donors (Lipinski definition) is 0. The largest absolute Gasteiger partial charge is 0.734 e. The highest BCUT2D eigenvalue weighted by molar-refractivity contribution is 6.70. The van der Waals surface area contributed by atoms with E-state index in [0.29, 0.717) is 0 Å². The number of carbonyl (C=O) groups is 3. The third-order valence-electron chi connectivity index (χ3n) is 3.23. The van der Waals surface area contributed by atoms with Crippen LogP contribution < -0.4 is 0 Å². The molecule has 0 bridgehead atoms. The van der Waals surface area contributed by atoms with Gasteiger partial charge in [-0.15, -0.1) is 0 Å². The van der Waals surface area contributed by atoms with E-state index in [1.807, 2.05) is 0 Å². The quantitative estimate of drug-likeness (QED) is 0.337. The average molecular weight is 449 g/mol. The Balaban J connectivity index is -0.000000184. The van der Waals surface area contributed by atoms with Crippen molar-refractivity contribution in [2.75, 3.05) is 0 Å². The van der Waals surface area contributed by atoms with Crippen molar-refractivity contribution in [1.29, 1.82) is 0 Å². The van der Waals surface area contributed by atoms with Crippen LogP contribution in [0.4, 0.5) is 0 Å². The number of hydrogen-bond acceptors (Lipinski definition) is 6. The molecule has 0 saturated heterocycles. The van der Waals surface area contributed by atoms with Crippen LogP contribution in [0.5, 0.6) is 0 Å². The summed E-state index contributed by atoms with van der Waals surface area (Å²) < 4.78 is 14.1. The third-order valence-corrected chi connectivity index (χ3v) is 5.45. The van der Waals surface area contributed by atoms with Crippen molar-refractivity contribution in [2.45, 2.75) is 120 Å². The third kappa shape index (κ3) is 33.9. The van der Waals surface area contributed by atoms with Crippen molar-refractivity contribution in [2.24, 2.45) is 0 Å². The molecule has 30 heavy (non-hydrogen) atoms. The van der Waals surface area contributed by atoms with Crippen LogP contribution in [0.1, 0.15) is 120 Å². The van der Waals surface area contributed by atoms with E-state index in [1.165, 1.54) is 57.8 Å². The topological polar surface area (TPSA) is 78.9 Å². The second-order valence-electron chi connectivity index (χ2n) is 6.65. The van der Waals surface area contributed by atoms with Gasteiger partial charge in [-0.25, -0.2) is 0 Å². The van der Waals surface area contributed by atoms with Gasteiger partial charge in [0.25, 0.3) is 17.9 Å². The smallest absolute Gasteiger partial charge is 0.452 e. The highest BCUT2D eigenvalue weighted by Crippen LogP contribution is 2.12. The lowest BCUT2D eigenvalue weighted by Gasteiger charge is -2.22. The molecule has 7 heteroatoms. The van der Waals surface area contributed by atoms with Crippen LogP contribution in [0.25, 0.3) is 0 Å². The maximum Gasteiger partial charge on any atom is 0.734 e. The Morgan fingerprint density at radius 1 is 0.600 bits per heavy atom. The zero-order chi connectivity index (χ0) is 24.4. The van der Waals surface area contributed by atoms with E-state index in [1.54, 1.807) is 0 Å². The Hall–Kier alpha value is -1.63. The monoisotopic (exact) mass is 448 g/mol. The van der Waals surface area contributed by atoms with Crippen LogP contribution in [0.15, 0.2) is 12.3 Å². The molecule has 0 unspecified atom stereocenters. The maximum atomic E-state index is 10.8. The first-order chi connectivity index (χ1) is 14.1. The van der Waals surface area contributed by atoms with Crippen LogP contribution in [0.3, 0.4) is 0 Å². The Kier molecular flexibility index (Phi) is 32.6. The molecule has 0 aliphatic rings. The van der Waals surface area contributed by atoms with Crippen LogP contribution in [-0.4, -0.2) is 26.7 Å². The van der Waals surface area contributed by atoms with Gasteiger partial charge in [0.15, 0.2) is 0 Å². The van der Waals surface area contributed by atoms with Crippen LogP contribution in [0.2, 0.25) is 0 Å². The molecule has 0 saturated carbocycles. The predicted octanol–water partition coefficient (Wildman–Crippen LogP) is 6.93. The summed E-state index contributed by atoms with van der Waals surface area (Å²) in [6.45, 7) is 19.9. The van der Waals surface area contributed by atoms with Crippen LogP contribution in [-0.2, 0) is 27.7 Å². The minimum atomic E-state index is -3.74. The van der Waals surface area contributed by atoms with E-state index in [9.17, 15) is 14.4 Å². The minimum Gasteiger partial charge on any atom is -0.452 e. The molecule has 0 heterocycles. The average Bonchev–Trinajstić information content (AvgIpc) is 2.63. The van der Waals surface area contributed by atoms with Gasteiger partial charge in [0.1, 0.15) is 0 Å². The standard InChI is InChI=1S/C8H12O6Si.3C5H12/c1-5-15(12-6(2)9,13-7(3)10)14-8(4)11;3*1-3-5-4-2/h5H,1H2,2-4H3;3*3-5H2,1-2H3. The Labute approximate surface area is 187 Å². The summed E-state index contributed by atoms with van der Waals surface area (Å²) in [6.07, 6.45) is 12.2. The summed E-state index contributed by atoms with van der Waals surface area (Å²) in [5.74, 6) is -2.16. The molecule has 0 amide bonds. The highest BCUT2D eigenvalue weighted by Gasteiger charge is 2.48. The molecule has 180 valence electrons. The van der Waals surface area contributed by atoms with E-state index in [4.69, 9.17) is 13.3 Å². The zero-order valence-electron chi connectivity index (χ0n) is 21.1. The number of rotatable bonds is 10. The van der Waals surface area contributed by atoms with Crippen molar-refractivity contribution < 1.29 is 27.7 Å². The van der Waals surface area contributed by atoms with Gasteiger partial charge in [0.05, 0.1) is 0 Å². The van der Waals surface area contributed by atoms with Gasteiger partial charge in [0, 0.05) is 26.5 Å². The van der Waals surface area contributed by atoms with Crippen molar-refractivity contribution in [3.05, 3.63) is 12.3 Å². The van der Waals surface area contributed by atoms with Gasteiger partial charge in [-0.2, -0.15) is 0 Å². The SMILES string of the molecule is C=C[Si](OC(C)=O)(OC(C)=O)OC(C)=O.CCCCC.CCCCC.CCCCC. The molecule has 0 aromatic heterocycles. The predicted molar refractivity (Wildman–Crippen MR) is 127 cm³/mol. The summed E-state index contributed by atoms with van der Waals surface area (Å²) in [7, 11) is -3.74. The van der Waals surface area contributed by atoms with Gasteiger partial charge < -0.3 is 13.3 Å². The number of carbonyl (C=O) groups excluding carboxylic acids is 3. The minimum absolute atomic E-state index is 0.718. The molecule has 0 fully saturated rings. The van der Waals surface area contributed by atoms with Crippen molar-refractivity contribution in [1.82, 2.24) is 0 Å². The molecular formula is C23H48O6Si. The molecule has 0 N–H and O–H groups in total. The lowest BCUT2D eigenvalue weighted by atomic mass is 10.3. The van der Waals surface area contributed by atoms with E-state index >= 15 is 0 Å². The summed E-state index contributed by atoms with van der Waals surface area (Å²) in [6, 6.07) is 0. The van der Waals surface area contributed by atoms with Crippen LogP contribution >= 0.6 is 0 Å². The molecule has 0 rings (SSSR count). The first-order valence-corrected chi connectivity index (χ1v) is 13.1. The second kappa shape index (κ2) is 27.4. The van der Waals surface area contributed by atoms with Gasteiger partial charge in [-0.3, -0.25) is 14.4 Å². The van der Waals surface area contributed by atoms with E-state index in [2.05, 4.69) is 48.1 Å². The molecule has 0 aliphatic carbocycles. The fourth-order valence-electron chi connectivity index (χ4n) is 1.85. The first kappa shape index (κ1) is 35.8. The van der Waals surface area contributed by atoms with E-state index in [0.717, 1.165) is 26.5 Å². The fraction of sp³-hybridized carbons (Fsp3) is 0.783. The van der Waals surface area contributed by atoms with Gasteiger partial charge in [-0.1, -0.05) is 106 Å². The first-order valence-electron chi connectivity index (χ1n) is 11.3. The van der Waals surface area contributed by atoms with E-state index < -0.39 is 26.7 Å². The summed E-state index contributed by atoms with van der Waals surface area (Å²) >= 11 is 0. The molecule has 0 aromatic rings. The lowest BCUT2D eigenvalue weighted by molar-refractivity contribution is -0.146. The van der Waals surface area contributed by atoms with Crippen molar-refractivity contribution >= 4 is 26.7 Å². The normalized spacial score (nSPS) is 9.23. The summed E-state index contributed by atoms with van der Waals surface area (Å²) in [5, 5.41) is 0. The number of unbranched alkanes of at least 4 members (excludes halogenated alkanes) is 6. The molecule has 0 atom stereocenters. The van der Waals surface area contributed by atoms with Crippen LogP contribution in [0, 0.1) is 0 Å². The Bertz CT molecular complexity index is 363. The van der Waals surface area contributed by atoms with Gasteiger partial charge >= 0.3 is 8.80 Å². The van der Waals surface area contributed by atoms with E-state index in [-0.39, 0.29) is 0 Å². The highest BCUT2D eigenvalue weighted by atomic mass is 28.4. The van der Waals surface area contributed by atoms with Crippen molar-refractivity contribution in [3.63, 3.8) is 0 Å². The fourth-order valence-corrected chi connectivity index (χ4v) is 3.43. The molecule has 6 nitrogen and oxygen atoms in total.